The third kappa shape index (κ3) is 3.16. The number of carbonyl (C=O) groups excluding carboxylic acids is 1. The predicted octanol–water partition coefficient (Wildman–Crippen LogP) is 3.68. The molecule has 0 unspecified atom stereocenters. The molecule has 1 amide bonds. The maximum atomic E-state index is 11.3. The molecule has 4 heteroatoms. The third-order valence-electron chi connectivity index (χ3n) is 3.01. The molecule has 18 heavy (non-hydrogen) atoms. The zero-order valence-corrected chi connectivity index (χ0v) is 11.8. The van der Waals surface area contributed by atoms with Crippen LogP contribution in [0, 0.1) is 5.41 Å². The van der Waals surface area contributed by atoms with Gasteiger partial charge in [-0.05, 0) is 29.5 Å². The van der Waals surface area contributed by atoms with Crippen molar-refractivity contribution >= 4 is 28.9 Å². The summed E-state index contributed by atoms with van der Waals surface area (Å²) >= 11 is 6.19. The average molecular weight is 267 g/mol. The van der Waals surface area contributed by atoms with E-state index < -0.39 is 0 Å². The fraction of sp³-hybridized carbons (Fsp3) is 0.500. The minimum atomic E-state index is 0.0351. The number of hydrogen-bond donors (Lipinski definition) is 2. The quantitative estimate of drug-likeness (QED) is 0.876. The molecule has 0 fully saturated rings. The normalized spacial score (nSPS) is 14.3. The fourth-order valence-electron chi connectivity index (χ4n) is 1.96. The van der Waals surface area contributed by atoms with Crippen LogP contribution in [0.15, 0.2) is 12.1 Å². The summed E-state index contributed by atoms with van der Waals surface area (Å²) in [4.78, 5) is 11.3. The molecule has 0 saturated carbocycles. The van der Waals surface area contributed by atoms with Crippen LogP contribution in [0.1, 0.15) is 32.8 Å². The molecule has 0 aromatic heterocycles. The number of hydrogen-bond acceptors (Lipinski definition) is 2. The van der Waals surface area contributed by atoms with Crippen molar-refractivity contribution in [2.75, 3.05) is 17.2 Å². The van der Waals surface area contributed by atoms with Crippen LogP contribution in [0.25, 0.3) is 0 Å². The largest absolute Gasteiger partial charge is 0.384 e. The summed E-state index contributed by atoms with van der Waals surface area (Å²) in [7, 11) is 0. The summed E-state index contributed by atoms with van der Waals surface area (Å²) in [6.45, 7) is 7.51. The van der Waals surface area contributed by atoms with Crippen molar-refractivity contribution in [3.05, 3.63) is 22.7 Å². The zero-order valence-electron chi connectivity index (χ0n) is 11.1. The van der Waals surface area contributed by atoms with E-state index in [2.05, 4.69) is 31.4 Å². The van der Waals surface area contributed by atoms with Crippen LogP contribution in [-0.4, -0.2) is 12.5 Å². The molecule has 0 aliphatic carbocycles. The van der Waals surface area contributed by atoms with Crippen molar-refractivity contribution in [3.63, 3.8) is 0 Å². The SMILES string of the molecule is CC(C)(C)CCNc1cc2c(cc1Cl)NC(=O)C2. The summed E-state index contributed by atoms with van der Waals surface area (Å²) in [6.07, 6.45) is 1.51. The minimum Gasteiger partial charge on any atom is -0.384 e. The molecule has 0 spiro atoms. The van der Waals surface area contributed by atoms with Gasteiger partial charge in [0.2, 0.25) is 5.91 Å². The second-order valence-electron chi connectivity index (χ2n) is 5.95. The van der Waals surface area contributed by atoms with Gasteiger partial charge < -0.3 is 10.6 Å². The van der Waals surface area contributed by atoms with Gasteiger partial charge in [-0.15, -0.1) is 0 Å². The summed E-state index contributed by atoms with van der Waals surface area (Å²) in [5, 5.41) is 6.79. The fourth-order valence-corrected chi connectivity index (χ4v) is 2.19. The Morgan fingerprint density at radius 1 is 1.39 bits per heavy atom. The van der Waals surface area contributed by atoms with E-state index in [-0.39, 0.29) is 5.91 Å². The van der Waals surface area contributed by atoms with E-state index in [1.165, 1.54) is 0 Å². The molecule has 0 bridgehead atoms. The first-order chi connectivity index (χ1) is 8.35. The van der Waals surface area contributed by atoms with Gasteiger partial charge in [-0.3, -0.25) is 4.79 Å². The zero-order chi connectivity index (χ0) is 13.3. The highest BCUT2D eigenvalue weighted by atomic mass is 35.5. The third-order valence-corrected chi connectivity index (χ3v) is 3.32. The van der Waals surface area contributed by atoms with Gasteiger partial charge in [-0.2, -0.15) is 0 Å². The second-order valence-corrected chi connectivity index (χ2v) is 6.36. The first-order valence-electron chi connectivity index (χ1n) is 6.21. The molecular formula is C14H19ClN2O. The Hall–Kier alpha value is -1.22. The van der Waals surface area contributed by atoms with Gasteiger partial charge in [-0.1, -0.05) is 32.4 Å². The summed E-state index contributed by atoms with van der Waals surface area (Å²) in [5.41, 5.74) is 3.07. The van der Waals surface area contributed by atoms with E-state index in [1.807, 2.05) is 12.1 Å². The molecule has 2 N–H and O–H groups in total. The molecule has 0 atom stereocenters. The molecule has 0 radical (unpaired) electrons. The minimum absolute atomic E-state index is 0.0351. The Labute approximate surface area is 113 Å². The Morgan fingerprint density at radius 3 is 2.78 bits per heavy atom. The summed E-state index contributed by atoms with van der Waals surface area (Å²) in [5.74, 6) is 0.0351. The van der Waals surface area contributed by atoms with E-state index in [9.17, 15) is 4.79 Å². The molecule has 1 aliphatic rings. The van der Waals surface area contributed by atoms with E-state index >= 15 is 0 Å². The monoisotopic (exact) mass is 266 g/mol. The number of benzene rings is 1. The van der Waals surface area contributed by atoms with Gasteiger partial charge in [0.05, 0.1) is 17.1 Å². The van der Waals surface area contributed by atoms with Crippen LogP contribution >= 0.6 is 11.6 Å². The highest BCUT2D eigenvalue weighted by Gasteiger charge is 2.19. The van der Waals surface area contributed by atoms with Crippen LogP contribution in [-0.2, 0) is 11.2 Å². The van der Waals surface area contributed by atoms with Crippen molar-refractivity contribution in [1.82, 2.24) is 0 Å². The lowest BCUT2D eigenvalue weighted by atomic mass is 9.92. The van der Waals surface area contributed by atoms with Crippen LogP contribution in [0.3, 0.4) is 0 Å². The average Bonchev–Trinajstić information content (AvgIpc) is 2.55. The number of amides is 1. The summed E-state index contributed by atoms with van der Waals surface area (Å²) in [6, 6.07) is 3.79. The van der Waals surface area contributed by atoms with E-state index in [0.29, 0.717) is 16.9 Å². The van der Waals surface area contributed by atoms with Crippen molar-refractivity contribution < 1.29 is 4.79 Å². The lowest BCUT2D eigenvalue weighted by Crippen LogP contribution is -2.13. The highest BCUT2D eigenvalue weighted by Crippen LogP contribution is 2.33. The van der Waals surface area contributed by atoms with Crippen molar-refractivity contribution in [1.29, 1.82) is 0 Å². The second kappa shape index (κ2) is 4.81. The van der Waals surface area contributed by atoms with Gasteiger partial charge in [0.25, 0.3) is 0 Å². The molecule has 2 rings (SSSR count). The number of halogens is 1. The lowest BCUT2D eigenvalue weighted by molar-refractivity contribution is -0.115. The molecule has 1 heterocycles. The van der Waals surface area contributed by atoms with Gasteiger partial charge in [0, 0.05) is 12.2 Å². The first-order valence-corrected chi connectivity index (χ1v) is 6.59. The Kier molecular flexibility index (Phi) is 3.53. The molecule has 1 aromatic carbocycles. The first kappa shape index (κ1) is 13.2. The van der Waals surface area contributed by atoms with Gasteiger partial charge >= 0.3 is 0 Å². The highest BCUT2D eigenvalue weighted by molar-refractivity contribution is 6.33. The standard InChI is InChI=1S/C14H19ClN2O/c1-14(2,3)4-5-16-12-6-9-7-13(18)17-11(9)8-10(12)15/h6,8,16H,4-5,7H2,1-3H3,(H,17,18). The molecule has 0 saturated heterocycles. The maximum absolute atomic E-state index is 11.3. The van der Waals surface area contributed by atoms with Crippen LogP contribution in [0.4, 0.5) is 11.4 Å². The van der Waals surface area contributed by atoms with Crippen molar-refractivity contribution in [2.45, 2.75) is 33.6 Å². The Morgan fingerprint density at radius 2 is 2.11 bits per heavy atom. The van der Waals surface area contributed by atoms with Crippen molar-refractivity contribution in [2.24, 2.45) is 5.41 Å². The number of fused-ring (bicyclic) bond motifs is 1. The number of carbonyl (C=O) groups is 1. The molecule has 3 nitrogen and oxygen atoms in total. The molecule has 98 valence electrons. The van der Waals surface area contributed by atoms with Gasteiger partial charge in [0.1, 0.15) is 0 Å². The van der Waals surface area contributed by atoms with E-state index in [0.717, 1.165) is 29.9 Å². The van der Waals surface area contributed by atoms with Crippen molar-refractivity contribution in [3.8, 4) is 0 Å². The van der Waals surface area contributed by atoms with E-state index in [1.54, 1.807) is 0 Å². The predicted molar refractivity (Wildman–Crippen MR) is 76.3 cm³/mol. The molecule has 1 aliphatic heterocycles. The van der Waals surface area contributed by atoms with Crippen LogP contribution in [0.5, 0.6) is 0 Å². The van der Waals surface area contributed by atoms with Gasteiger partial charge in [0.15, 0.2) is 0 Å². The molecular weight excluding hydrogens is 248 g/mol. The van der Waals surface area contributed by atoms with Crippen LogP contribution in [0.2, 0.25) is 5.02 Å². The Balaban J connectivity index is 2.06. The topological polar surface area (TPSA) is 41.1 Å². The van der Waals surface area contributed by atoms with E-state index in [4.69, 9.17) is 11.6 Å². The van der Waals surface area contributed by atoms with Crippen LogP contribution < -0.4 is 10.6 Å². The number of rotatable bonds is 3. The van der Waals surface area contributed by atoms with Gasteiger partial charge in [-0.25, -0.2) is 0 Å². The number of nitrogens with one attached hydrogen (secondary N) is 2. The smallest absolute Gasteiger partial charge is 0.228 e. The Bertz CT molecular complexity index is 477. The maximum Gasteiger partial charge on any atom is 0.228 e. The number of anilines is 2. The summed E-state index contributed by atoms with van der Waals surface area (Å²) < 4.78 is 0. The lowest BCUT2D eigenvalue weighted by Gasteiger charge is -2.19. The molecule has 1 aromatic rings.